The lowest BCUT2D eigenvalue weighted by atomic mass is 9.88. The summed E-state index contributed by atoms with van der Waals surface area (Å²) in [5, 5.41) is 11.3. The Labute approximate surface area is 125 Å². The van der Waals surface area contributed by atoms with Gasteiger partial charge < -0.3 is 20.9 Å². The fourth-order valence-electron chi connectivity index (χ4n) is 2.06. The van der Waals surface area contributed by atoms with E-state index in [1.807, 2.05) is 0 Å². The van der Waals surface area contributed by atoms with Gasteiger partial charge in [0, 0.05) is 6.42 Å². The van der Waals surface area contributed by atoms with Crippen molar-refractivity contribution in [3.63, 3.8) is 0 Å². The summed E-state index contributed by atoms with van der Waals surface area (Å²) >= 11 is 0. The van der Waals surface area contributed by atoms with Crippen molar-refractivity contribution in [3.8, 4) is 0 Å². The summed E-state index contributed by atoms with van der Waals surface area (Å²) in [6.45, 7) is 4.69. The van der Waals surface area contributed by atoms with Crippen LogP contribution < -0.4 is 11.1 Å². The Morgan fingerprint density at radius 3 is 2.29 bits per heavy atom. The average molecular weight is 302 g/mol. The maximum Gasteiger partial charge on any atom is 0.326 e. The van der Waals surface area contributed by atoms with Gasteiger partial charge in [0.25, 0.3) is 0 Å². The zero-order chi connectivity index (χ0) is 16.4. The summed E-state index contributed by atoms with van der Waals surface area (Å²) in [5.41, 5.74) is 5.53. The summed E-state index contributed by atoms with van der Waals surface area (Å²) in [5.74, 6) is -1.58. The van der Waals surface area contributed by atoms with Crippen molar-refractivity contribution in [3.05, 3.63) is 0 Å². The van der Waals surface area contributed by atoms with Crippen molar-refractivity contribution in [1.29, 1.82) is 0 Å². The smallest absolute Gasteiger partial charge is 0.326 e. The maximum atomic E-state index is 11.8. The number of nitrogens with one attached hydrogen (secondary N) is 1. The molecule has 0 saturated heterocycles. The number of carbonyl (C=O) groups excluding carboxylic acids is 2. The van der Waals surface area contributed by atoms with E-state index >= 15 is 0 Å². The van der Waals surface area contributed by atoms with Gasteiger partial charge in [0.15, 0.2) is 0 Å². The highest BCUT2D eigenvalue weighted by atomic mass is 16.5. The molecule has 0 aromatic rings. The molecule has 0 aliphatic rings. The largest absolute Gasteiger partial charge is 0.480 e. The van der Waals surface area contributed by atoms with Crippen LogP contribution in [0.4, 0.5) is 0 Å². The van der Waals surface area contributed by atoms with Crippen molar-refractivity contribution < 1.29 is 24.2 Å². The van der Waals surface area contributed by atoms with Crippen LogP contribution >= 0.6 is 0 Å². The van der Waals surface area contributed by atoms with E-state index < -0.39 is 18.0 Å². The maximum absolute atomic E-state index is 11.8. The molecule has 0 radical (unpaired) electrons. The highest BCUT2D eigenvalue weighted by Gasteiger charge is 2.24. The van der Waals surface area contributed by atoms with Gasteiger partial charge in [-0.2, -0.15) is 0 Å². The molecule has 7 nitrogen and oxygen atoms in total. The van der Waals surface area contributed by atoms with Crippen molar-refractivity contribution in [2.45, 2.75) is 45.6 Å². The van der Waals surface area contributed by atoms with Crippen molar-refractivity contribution in [2.24, 2.45) is 17.6 Å². The SMILES string of the molecule is COC(=O)C[C@H](NC(=O)CCC(CCN)C(C)C)C(=O)O. The molecular weight excluding hydrogens is 276 g/mol. The Morgan fingerprint density at radius 2 is 1.86 bits per heavy atom. The molecule has 0 saturated carbocycles. The van der Waals surface area contributed by atoms with Gasteiger partial charge in [-0.3, -0.25) is 9.59 Å². The minimum absolute atomic E-state index is 0.216. The molecule has 0 spiro atoms. The third-order valence-corrected chi connectivity index (χ3v) is 3.45. The van der Waals surface area contributed by atoms with E-state index in [4.69, 9.17) is 10.8 Å². The molecule has 7 heteroatoms. The summed E-state index contributed by atoms with van der Waals surface area (Å²) in [4.78, 5) is 33.9. The molecule has 4 N–H and O–H groups in total. The monoisotopic (exact) mass is 302 g/mol. The predicted molar refractivity (Wildman–Crippen MR) is 77.4 cm³/mol. The van der Waals surface area contributed by atoms with E-state index in [0.717, 1.165) is 6.42 Å². The van der Waals surface area contributed by atoms with Gasteiger partial charge in [-0.15, -0.1) is 0 Å². The summed E-state index contributed by atoms with van der Waals surface area (Å²) in [6.07, 6.45) is 1.31. The molecule has 0 fully saturated rings. The van der Waals surface area contributed by atoms with Gasteiger partial charge in [-0.05, 0) is 31.2 Å². The topological polar surface area (TPSA) is 119 Å². The number of amides is 1. The highest BCUT2D eigenvalue weighted by Crippen LogP contribution is 2.20. The first-order valence-electron chi connectivity index (χ1n) is 7.10. The molecule has 0 aromatic carbocycles. The summed E-state index contributed by atoms with van der Waals surface area (Å²) < 4.78 is 4.41. The minimum Gasteiger partial charge on any atom is -0.480 e. The van der Waals surface area contributed by atoms with Crippen LogP contribution in [0.25, 0.3) is 0 Å². The van der Waals surface area contributed by atoms with Crippen LogP contribution in [-0.2, 0) is 19.1 Å². The van der Waals surface area contributed by atoms with Crippen LogP contribution in [0.5, 0.6) is 0 Å². The van der Waals surface area contributed by atoms with E-state index in [2.05, 4.69) is 23.9 Å². The van der Waals surface area contributed by atoms with E-state index in [0.29, 0.717) is 24.8 Å². The molecule has 0 aliphatic heterocycles. The standard InChI is InChI=1S/C14H26N2O5/c1-9(2)10(6-7-15)4-5-12(17)16-11(14(19)20)8-13(18)21-3/h9-11H,4-8,15H2,1-3H3,(H,16,17)(H,19,20)/t10?,11-/m0/s1. The normalized spacial score (nSPS) is 13.6. The van der Waals surface area contributed by atoms with Gasteiger partial charge in [0.2, 0.25) is 5.91 Å². The highest BCUT2D eigenvalue weighted by molar-refractivity contribution is 5.87. The Kier molecular flexibility index (Phi) is 9.36. The zero-order valence-corrected chi connectivity index (χ0v) is 12.9. The first-order chi connectivity index (χ1) is 9.81. The van der Waals surface area contributed by atoms with E-state index in [-0.39, 0.29) is 18.7 Å². The molecule has 0 heterocycles. The Balaban J connectivity index is 4.37. The second kappa shape index (κ2) is 10.1. The number of nitrogens with two attached hydrogens (primary N) is 1. The Hall–Kier alpha value is -1.63. The van der Waals surface area contributed by atoms with E-state index in [9.17, 15) is 14.4 Å². The third kappa shape index (κ3) is 8.29. The molecule has 1 amide bonds. The molecule has 1 unspecified atom stereocenters. The molecular formula is C14H26N2O5. The molecule has 21 heavy (non-hydrogen) atoms. The van der Waals surface area contributed by atoms with Crippen LogP contribution in [0.2, 0.25) is 0 Å². The fraction of sp³-hybridized carbons (Fsp3) is 0.786. The molecule has 0 rings (SSSR count). The number of methoxy groups -OCH3 is 1. The van der Waals surface area contributed by atoms with Gasteiger partial charge in [0.05, 0.1) is 13.5 Å². The number of carbonyl (C=O) groups is 3. The first-order valence-corrected chi connectivity index (χ1v) is 7.10. The average Bonchev–Trinajstić information content (AvgIpc) is 2.41. The van der Waals surface area contributed by atoms with E-state index in [1.54, 1.807) is 0 Å². The summed E-state index contributed by atoms with van der Waals surface area (Å²) in [7, 11) is 1.17. The minimum atomic E-state index is -1.25. The predicted octanol–water partition coefficient (Wildman–Crippen LogP) is 0.520. The number of esters is 1. The molecule has 0 aliphatic carbocycles. The van der Waals surface area contributed by atoms with Gasteiger partial charge >= 0.3 is 11.9 Å². The second-order valence-corrected chi connectivity index (χ2v) is 5.36. The van der Waals surface area contributed by atoms with Crippen LogP contribution in [-0.4, -0.2) is 42.6 Å². The van der Waals surface area contributed by atoms with Gasteiger partial charge in [-0.1, -0.05) is 13.8 Å². The lowest BCUT2D eigenvalue weighted by Gasteiger charge is -2.20. The van der Waals surface area contributed by atoms with Gasteiger partial charge in [0.1, 0.15) is 6.04 Å². The fourth-order valence-corrected chi connectivity index (χ4v) is 2.06. The van der Waals surface area contributed by atoms with E-state index in [1.165, 1.54) is 7.11 Å². The lowest BCUT2D eigenvalue weighted by Crippen LogP contribution is -2.42. The van der Waals surface area contributed by atoms with Gasteiger partial charge in [-0.25, -0.2) is 4.79 Å². The number of ether oxygens (including phenoxy) is 1. The number of carboxylic acids is 1. The zero-order valence-electron chi connectivity index (χ0n) is 12.9. The van der Waals surface area contributed by atoms with Crippen LogP contribution in [0.3, 0.4) is 0 Å². The second-order valence-electron chi connectivity index (χ2n) is 5.36. The quantitative estimate of drug-likeness (QED) is 0.506. The van der Waals surface area contributed by atoms with Crippen molar-refractivity contribution in [2.75, 3.05) is 13.7 Å². The first kappa shape index (κ1) is 19.4. The molecule has 0 aromatic heterocycles. The van der Waals surface area contributed by atoms with Crippen LogP contribution in [0.15, 0.2) is 0 Å². The number of carboxylic acid groups (broad SMARTS) is 1. The molecule has 0 bridgehead atoms. The van der Waals surface area contributed by atoms with Crippen LogP contribution in [0.1, 0.15) is 39.5 Å². The summed E-state index contributed by atoms with van der Waals surface area (Å²) in [6, 6.07) is -1.25. The third-order valence-electron chi connectivity index (χ3n) is 3.45. The van der Waals surface area contributed by atoms with Crippen molar-refractivity contribution in [1.82, 2.24) is 5.32 Å². The number of hydrogen-bond acceptors (Lipinski definition) is 5. The molecule has 2 atom stereocenters. The Bertz CT molecular complexity index is 357. The Morgan fingerprint density at radius 1 is 1.24 bits per heavy atom. The number of hydrogen-bond donors (Lipinski definition) is 3. The lowest BCUT2D eigenvalue weighted by molar-refractivity contribution is -0.148. The number of aliphatic carboxylic acids is 1. The van der Waals surface area contributed by atoms with Crippen molar-refractivity contribution >= 4 is 17.8 Å². The number of rotatable bonds is 10. The molecule has 122 valence electrons. The van der Waals surface area contributed by atoms with Crippen LogP contribution in [0, 0.1) is 11.8 Å².